The lowest BCUT2D eigenvalue weighted by atomic mass is 10.0. The first-order valence-electron chi connectivity index (χ1n) is 8.54. The number of hydrogen-bond donors (Lipinski definition) is 2. The zero-order valence-corrected chi connectivity index (χ0v) is 15.2. The number of benzene rings is 2. The summed E-state index contributed by atoms with van der Waals surface area (Å²) in [6, 6.07) is 11.3. The average Bonchev–Trinajstić information content (AvgIpc) is 2.60. The van der Waals surface area contributed by atoms with Crippen LogP contribution in [0.15, 0.2) is 48.5 Å². The van der Waals surface area contributed by atoms with Gasteiger partial charge in [-0.2, -0.15) is 0 Å². The molecule has 2 amide bonds. The van der Waals surface area contributed by atoms with Gasteiger partial charge >= 0.3 is 0 Å². The number of carbonyl (C=O) groups excluding carboxylic acids is 2. The van der Waals surface area contributed by atoms with Gasteiger partial charge in [-0.05, 0) is 24.6 Å². The van der Waals surface area contributed by atoms with Gasteiger partial charge < -0.3 is 15.4 Å². The molecule has 2 aromatic rings. The third-order valence-electron chi connectivity index (χ3n) is 3.76. The van der Waals surface area contributed by atoms with E-state index < -0.39 is 23.7 Å². The second kappa shape index (κ2) is 9.66. The highest BCUT2D eigenvalue weighted by atomic mass is 19.1. The Hall–Kier alpha value is -2.96. The van der Waals surface area contributed by atoms with E-state index >= 15 is 0 Å². The molecule has 5 nitrogen and oxygen atoms in total. The smallest absolute Gasteiger partial charge is 0.222 e. The van der Waals surface area contributed by atoms with Crippen LogP contribution in [0.5, 0.6) is 5.75 Å². The highest BCUT2D eigenvalue weighted by Gasteiger charge is 2.18. The van der Waals surface area contributed by atoms with Gasteiger partial charge in [-0.25, -0.2) is 8.78 Å². The van der Waals surface area contributed by atoms with Crippen molar-refractivity contribution in [1.29, 1.82) is 0 Å². The third kappa shape index (κ3) is 6.69. The van der Waals surface area contributed by atoms with Crippen molar-refractivity contribution < 1.29 is 23.1 Å². The SMILES string of the molecule is CC(=O)NC(CC(=O)NC(C)COc1ccc(F)cc1F)c1ccccc1. The molecule has 0 saturated heterocycles. The molecule has 0 radical (unpaired) electrons. The largest absolute Gasteiger partial charge is 0.488 e. The maximum atomic E-state index is 13.6. The van der Waals surface area contributed by atoms with Gasteiger partial charge in [0.1, 0.15) is 12.4 Å². The van der Waals surface area contributed by atoms with Crippen LogP contribution in [0.1, 0.15) is 31.9 Å². The standard InChI is InChI=1S/C20H22F2N2O3/c1-13(12-27-19-9-8-16(21)10-17(19)22)23-20(26)11-18(24-14(2)25)15-6-4-3-5-7-15/h3-10,13,18H,11-12H2,1-2H3,(H,23,26)(H,24,25). The van der Waals surface area contributed by atoms with Crippen molar-refractivity contribution in [3.05, 3.63) is 65.7 Å². The van der Waals surface area contributed by atoms with Crippen molar-refractivity contribution in [1.82, 2.24) is 10.6 Å². The first-order valence-corrected chi connectivity index (χ1v) is 8.54. The van der Waals surface area contributed by atoms with Gasteiger partial charge in [0.2, 0.25) is 11.8 Å². The number of halogens is 2. The van der Waals surface area contributed by atoms with Crippen LogP contribution in [0.25, 0.3) is 0 Å². The fourth-order valence-electron chi connectivity index (χ4n) is 2.55. The number of ether oxygens (including phenoxy) is 1. The minimum atomic E-state index is -0.802. The van der Waals surface area contributed by atoms with Crippen molar-refractivity contribution in [2.75, 3.05) is 6.61 Å². The summed E-state index contributed by atoms with van der Waals surface area (Å²) in [6.45, 7) is 3.11. The highest BCUT2D eigenvalue weighted by molar-refractivity contribution is 5.79. The molecule has 0 fully saturated rings. The molecule has 0 aromatic heterocycles. The lowest BCUT2D eigenvalue weighted by molar-refractivity contribution is -0.123. The van der Waals surface area contributed by atoms with E-state index in [9.17, 15) is 18.4 Å². The van der Waals surface area contributed by atoms with E-state index in [1.165, 1.54) is 13.0 Å². The minimum absolute atomic E-state index is 0.0183. The van der Waals surface area contributed by atoms with Gasteiger partial charge in [0.15, 0.2) is 11.6 Å². The Morgan fingerprint density at radius 2 is 1.78 bits per heavy atom. The van der Waals surface area contributed by atoms with E-state index in [-0.39, 0.29) is 30.6 Å². The van der Waals surface area contributed by atoms with E-state index in [1.54, 1.807) is 6.92 Å². The fraction of sp³-hybridized carbons (Fsp3) is 0.300. The van der Waals surface area contributed by atoms with Gasteiger partial charge in [0, 0.05) is 13.0 Å². The Morgan fingerprint density at radius 3 is 2.41 bits per heavy atom. The van der Waals surface area contributed by atoms with Crippen LogP contribution in [-0.2, 0) is 9.59 Å². The predicted molar refractivity (Wildman–Crippen MR) is 97.1 cm³/mol. The van der Waals surface area contributed by atoms with Crippen LogP contribution in [0.4, 0.5) is 8.78 Å². The maximum Gasteiger partial charge on any atom is 0.222 e. The van der Waals surface area contributed by atoms with Crippen molar-refractivity contribution in [3.8, 4) is 5.75 Å². The van der Waals surface area contributed by atoms with Crippen molar-refractivity contribution in [2.45, 2.75) is 32.4 Å². The molecule has 0 bridgehead atoms. The molecule has 2 N–H and O–H groups in total. The van der Waals surface area contributed by atoms with E-state index in [4.69, 9.17) is 4.74 Å². The molecule has 0 heterocycles. The summed E-state index contributed by atoms with van der Waals surface area (Å²) >= 11 is 0. The first-order chi connectivity index (χ1) is 12.8. The van der Waals surface area contributed by atoms with Crippen LogP contribution in [0.2, 0.25) is 0 Å². The lowest BCUT2D eigenvalue weighted by Crippen LogP contribution is -2.39. The van der Waals surface area contributed by atoms with Gasteiger partial charge in [-0.15, -0.1) is 0 Å². The zero-order chi connectivity index (χ0) is 19.8. The summed E-state index contributed by atoms with van der Waals surface area (Å²) in [7, 11) is 0. The van der Waals surface area contributed by atoms with Crippen LogP contribution < -0.4 is 15.4 Å². The molecule has 7 heteroatoms. The van der Waals surface area contributed by atoms with E-state index in [0.29, 0.717) is 0 Å². The Kier molecular flexibility index (Phi) is 7.28. The molecule has 2 atom stereocenters. The Labute approximate surface area is 156 Å². The van der Waals surface area contributed by atoms with Crippen LogP contribution in [0, 0.1) is 11.6 Å². The zero-order valence-electron chi connectivity index (χ0n) is 15.2. The van der Waals surface area contributed by atoms with Gasteiger partial charge in [-0.1, -0.05) is 30.3 Å². The van der Waals surface area contributed by atoms with E-state index in [1.807, 2.05) is 30.3 Å². The Balaban J connectivity index is 1.89. The summed E-state index contributed by atoms with van der Waals surface area (Å²) in [4.78, 5) is 23.7. The molecule has 2 unspecified atom stereocenters. The van der Waals surface area contributed by atoms with Crippen LogP contribution >= 0.6 is 0 Å². The number of rotatable bonds is 8. The van der Waals surface area contributed by atoms with Crippen molar-refractivity contribution in [2.24, 2.45) is 0 Å². The van der Waals surface area contributed by atoms with Gasteiger partial charge in [0.05, 0.1) is 18.5 Å². The monoisotopic (exact) mass is 376 g/mol. The van der Waals surface area contributed by atoms with Crippen LogP contribution in [-0.4, -0.2) is 24.5 Å². The predicted octanol–water partition coefficient (Wildman–Crippen LogP) is 3.12. The summed E-state index contributed by atoms with van der Waals surface area (Å²) in [5, 5.41) is 5.50. The first kappa shape index (κ1) is 20.4. The minimum Gasteiger partial charge on any atom is -0.488 e. The second-order valence-corrected chi connectivity index (χ2v) is 6.22. The normalized spacial score (nSPS) is 12.7. The van der Waals surface area contributed by atoms with E-state index in [2.05, 4.69) is 10.6 Å². The third-order valence-corrected chi connectivity index (χ3v) is 3.76. The maximum absolute atomic E-state index is 13.6. The molecule has 2 aromatic carbocycles. The summed E-state index contributed by atoms with van der Waals surface area (Å²) in [5.41, 5.74) is 0.820. The van der Waals surface area contributed by atoms with Crippen LogP contribution in [0.3, 0.4) is 0 Å². The average molecular weight is 376 g/mol. The lowest BCUT2D eigenvalue weighted by Gasteiger charge is -2.20. The topological polar surface area (TPSA) is 67.4 Å². The van der Waals surface area contributed by atoms with Crippen molar-refractivity contribution in [3.63, 3.8) is 0 Å². The number of carbonyl (C=O) groups is 2. The fourth-order valence-corrected chi connectivity index (χ4v) is 2.55. The molecule has 144 valence electrons. The quantitative estimate of drug-likeness (QED) is 0.744. The second-order valence-electron chi connectivity index (χ2n) is 6.22. The summed E-state index contributed by atoms with van der Waals surface area (Å²) in [6.07, 6.45) is 0.0544. The highest BCUT2D eigenvalue weighted by Crippen LogP contribution is 2.18. The van der Waals surface area contributed by atoms with E-state index in [0.717, 1.165) is 17.7 Å². The molecular weight excluding hydrogens is 354 g/mol. The number of nitrogens with one attached hydrogen (secondary N) is 2. The van der Waals surface area contributed by atoms with Gasteiger partial charge in [-0.3, -0.25) is 9.59 Å². The molecule has 0 aliphatic heterocycles. The Bertz CT molecular complexity index is 784. The molecule has 0 saturated carbocycles. The summed E-state index contributed by atoms with van der Waals surface area (Å²) in [5.74, 6) is -2.10. The molecule has 0 aliphatic rings. The number of hydrogen-bond acceptors (Lipinski definition) is 3. The number of amides is 2. The molecule has 0 aliphatic carbocycles. The Morgan fingerprint density at radius 1 is 1.07 bits per heavy atom. The van der Waals surface area contributed by atoms with Gasteiger partial charge in [0.25, 0.3) is 0 Å². The molecular formula is C20H22F2N2O3. The summed E-state index contributed by atoms with van der Waals surface area (Å²) < 4.78 is 31.7. The molecule has 27 heavy (non-hydrogen) atoms. The molecule has 2 rings (SSSR count). The molecule has 0 spiro atoms. The van der Waals surface area contributed by atoms with Crippen molar-refractivity contribution >= 4 is 11.8 Å².